The number of aliphatic imine (C=N–C) groups is 1. The van der Waals surface area contributed by atoms with Crippen molar-refractivity contribution in [2.45, 2.75) is 19.9 Å². The molecule has 0 saturated carbocycles. The molecule has 0 saturated heterocycles. The SMILES string of the molecule is CCOC(=O)C1=C(c2ccc(OC)cc2)NC(C)=NC1c1ccccc1. The standard InChI is InChI=1S/C21H22N2O3/c1-4-26-21(24)18-19(15-8-6-5-7-9-15)22-14(2)23-20(18)16-10-12-17(25-3)13-11-16/h5-13,19H,4H2,1-3H3,(H,22,23). The van der Waals surface area contributed by atoms with Crippen molar-refractivity contribution in [1.29, 1.82) is 0 Å². The first kappa shape index (κ1) is 17.7. The molecule has 5 nitrogen and oxygen atoms in total. The smallest absolute Gasteiger partial charge is 0.338 e. The van der Waals surface area contributed by atoms with Gasteiger partial charge in [0.05, 0.1) is 30.8 Å². The second-order valence-corrected chi connectivity index (χ2v) is 5.89. The number of ether oxygens (including phenoxy) is 2. The third-order valence-electron chi connectivity index (χ3n) is 4.16. The Hall–Kier alpha value is -3.08. The number of hydrogen-bond acceptors (Lipinski definition) is 5. The fourth-order valence-electron chi connectivity index (χ4n) is 2.96. The highest BCUT2D eigenvalue weighted by Crippen LogP contribution is 2.35. The van der Waals surface area contributed by atoms with Crippen molar-refractivity contribution in [2.24, 2.45) is 4.99 Å². The van der Waals surface area contributed by atoms with E-state index in [2.05, 4.69) is 10.3 Å². The van der Waals surface area contributed by atoms with E-state index in [1.165, 1.54) is 0 Å². The van der Waals surface area contributed by atoms with Gasteiger partial charge in [-0.2, -0.15) is 0 Å². The van der Waals surface area contributed by atoms with E-state index < -0.39 is 6.04 Å². The van der Waals surface area contributed by atoms with Crippen molar-refractivity contribution in [1.82, 2.24) is 5.32 Å². The highest BCUT2D eigenvalue weighted by molar-refractivity contribution is 6.04. The number of hydrogen-bond donors (Lipinski definition) is 1. The summed E-state index contributed by atoms with van der Waals surface area (Å²) in [7, 11) is 1.62. The Morgan fingerprint density at radius 1 is 1.12 bits per heavy atom. The first-order valence-corrected chi connectivity index (χ1v) is 8.56. The lowest BCUT2D eigenvalue weighted by Crippen LogP contribution is -2.30. The van der Waals surface area contributed by atoms with Gasteiger partial charge in [-0.25, -0.2) is 4.79 Å². The first-order chi connectivity index (χ1) is 12.6. The summed E-state index contributed by atoms with van der Waals surface area (Å²) in [5.41, 5.74) is 3.05. The van der Waals surface area contributed by atoms with Gasteiger partial charge in [0.25, 0.3) is 0 Å². The van der Waals surface area contributed by atoms with E-state index >= 15 is 0 Å². The highest BCUT2D eigenvalue weighted by atomic mass is 16.5. The quantitative estimate of drug-likeness (QED) is 0.835. The highest BCUT2D eigenvalue weighted by Gasteiger charge is 2.31. The van der Waals surface area contributed by atoms with Gasteiger partial charge < -0.3 is 14.8 Å². The number of amidine groups is 1. The molecule has 134 valence electrons. The predicted octanol–water partition coefficient (Wildman–Crippen LogP) is 3.73. The van der Waals surface area contributed by atoms with Crippen molar-refractivity contribution in [3.8, 4) is 5.75 Å². The number of benzene rings is 2. The van der Waals surface area contributed by atoms with E-state index in [1.54, 1.807) is 14.0 Å². The third-order valence-corrected chi connectivity index (χ3v) is 4.16. The Bertz CT molecular complexity index is 839. The van der Waals surface area contributed by atoms with E-state index in [1.807, 2.05) is 61.5 Å². The number of carbonyl (C=O) groups excluding carboxylic acids is 1. The zero-order valence-electron chi connectivity index (χ0n) is 15.2. The number of methoxy groups -OCH3 is 1. The summed E-state index contributed by atoms with van der Waals surface area (Å²) in [6, 6.07) is 16.9. The number of esters is 1. The average Bonchev–Trinajstić information content (AvgIpc) is 2.68. The van der Waals surface area contributed by atoms with Gasteiger partial charge in [0.15, 0.2) is 0 Å². The monoisotopic (exact) mass is 350 g/mol. The fourth-order valence-corrected chi connectivity index (χ4v) is 2.96. The molecular weight excluding hydrogens is 328 g/mol. The minimum absolute atomic E-state index is 0.308. The van der Waals surface area contributed by atoms with Crippen LogP contribution in [0.4, 0.5) is 0 Å². The Kier molecular flexibility index (Phi) is 5.37. The minimum atomic E-state index is -0.409. The van der Waals surface area contributed by atoms with Crippen molar-refractivity contribution in [3.05, 3.63) is 71.3 Å². The summed E-state index contributed by atoms with van der Waals surface area (Å²) in [4.78, 5) is 17.5. The first-order valence-electron chi connectivity index (χ1n) is 8.56. The number of rotatable bonds is 5. The molecule has 5 heteroatoms. The maximum absolute atomic E-state index is 12.8. The van der Waals surface area contributed by atoms with Gasteiger partial charge >= 0.3 is 5.97 Å². The third kappa shape index (κ3) is 3.61. The lowest BCUT2D eigenvalue weighted by Gasteiger charge is -2.26. The van der Waals surface area contributed by atoms with E-state index in [0.717, 1.165) is 22.7 Å². The van der Waals surface area contributed by atoms with Crippen LogP contribution < -0.4 is 10.1 Å². The Labute approximate surface area is 153 Å². The molecule has 0 aliphatic carbocycles. The van der Waals surface area contributed by atoms with E-state index in [9.17, 15) is 4.79 Å². The van der Waals surface area contributed by atoms with Crippen LogP contribution in [0.3, 0.4) is 0 Å². The molecule has 2 aromatic rings. The second kappa shape index (κ2) is 7.87. The van der Waals surface area contributed by atoms with Crippen LogP contribution in [0.2, 0.25) is 0 Å². The van der Waals surface area contributed by atoms with Gasteiger partial charge in [-0.15, -0.1) is 0 Å². The largest absolute Gasteiger partial charge is 0.497 e. The summed E-state index contributed by atoms with van der Waals surface area (Å²) < 4.78 is 10.6. The molecule has 0 bridgehead atoms. The van der Waals surface area contributed by atoms with Crippen molar-refractivity contribution < 1.29 is 14.3 Å². The normalized spacial score (nSPS) is 16.6. The second-order valence-electron chi connectivity index (χ2n) is 5.89. The average molecular weight is 350 g/mol. The van der Waals surface area contributed by atoms with Crippen LogP contribution >= 0.6 is 0 Å². The van der Waals surface area contributed by atoms with Crippen molar-refractivity contribution in [2.75, 3.05) is 13.7 Å². The molecule has 1 unspecified atom stereocenters. The number of carbonyl (C=O) groups is 1. The van der Waals surface area contributed by atoms with Gasteiger partial charge in [0.2, 0.25) is 0 Å². The predicted molar refractivity (Wildman–Crippen MR) is 102 cm³/mol. The molecule has 26 heavy (non-hydrogen) atoms. The van der Waals surface area contributed by atoms with Crippen molar-refractivity contribution >= 4 is 17.5 Å². The van der Waals surface area contributed by atoms with Gasteiger partial charge in [0.1, 0.15) is 11.8 Å². The molecule has 1 aliphatic rings. The molecular formula is C21H22N2O3. The maximum atomic E-state index is 12.8. The van der Waals surface area contributed by atoms with Gasteiger partial charge in [0, 0.05) is 0 Å². The van der Waals surface area contributed by atoms with Gasteiger partial charge in [-0.05, 0) is 49.2 Å². The zero-order chi connectivity index (χ0) is 18.5. The Morgan fingerprint density at radius 2 is 1.81 bits per heavy atom. The van der Waals surface area contributed by atoms with E-state index in [0.29, 0.717) is 17.9 Å². The Morgan fingerprint density at radius 3 is 2.42 bits per heavy atom. The molecule has 1 aliphatic heterocycles. The number of nitrogens with zero attached hydrogens (tertiary/aromatic N) is 1. The zero-order valence-corrected chi connectivity index (χ0v) is 15.2. The molecule has 0 aromatic heterocycles. The maximum Gasteiger partial charge on any atom is 0.338 e. The summed E-state index contributed by atoms with van der Waals surface area (Å²) >= 11 is 0. The van der Waals surface area contributed by atoms with E-state index in [4.69, 9.17) is 9.47 Å². The van der Waals surface area contributed by atoms with Crippen LogP contribution in [0.25, 0.3) is 5.70 Å². The van der Waals surface area contributed by atoms with Crippen molar-refractivity contribution in [3.63, 3.8) is 0 Å². The lowest BCUT2D eigenvalue weighted by molar-refractivity contribution is -0.138. The van der Waals surface area contributed by atoms with Crippen LogP contribution in [0.15, 0.2) is 65.2 Å². The van der Waals surface area contributed by atoms with Gasteiger partial charge in [-0.3, -0.25) is 4.99 Å². The van der Waals surface area contributed by atoms with Crippen LogP contribution in [0, 0.1) is 0 Å². The molecule has 2 aromatic carbocycles. The molecule has 0 radical (unpaired) electrons. The minimum Gasteiger partial charge on any atom is -0.497 e. The van der Waals surface area contributed by atoms with Crippen LogP contribution in [-0.4, -0.2) is 25.5 Å². The molecule has 1 heterocycles. The van der Waals surface area contributed by atoms with Crippen LogP contribution in [0.1, 0.15) is 31.0 Å². The molecule has 0 fully saturated rings. The van der Waals surface area contributed by atoms with Gasteiger partial charge in [-0.1, -0.05) is 30.3 Å². The topological polar surface area (TPSA) is 59.9 Å². The summed E-state index contributed by atoms with van der Waals surface area (Å²) in [6.07, 6.45) is 0. The fraction of sp³-hybridized carbons (Fsp3) is 0.238. The lowest BCUT2D eigenvalue weighted by atomic mass is 9.93. The molecule has 3 rings (SSSR count). The van der Waals surface area contributed by atoms with E-state index in [-0.39, 0.29) is 5.97 Å². The summed E-state index contributed by atoms with van der Waals surface area (Å²) in [5, 5.41) is 3.25. The summed E-state index contributed by atoms with van der Waals surface area (Å²) in [6.45, 7) is 4.00. The van der Waals surface area contributed by atoms with Crippen LogP contribution in [0.5, 0.6) is 5.75 Å². The molecule has 1 N–H and O–H groups in total. The molecule has 0 amide bonds. The Balaban J connectivity index is 2.14. The summed E-state index contributed by atoms with van der Waals surface area (Å²) in [5.74, 6) is 1.14. The van der Waals surface area contributed by atoms with Crippen LogP contribution in [-0.2, 0) is 9.53 Å². The molecule has 1 atom stereocenters. The molecule has 0 spiro atoms. The number of nitrogens with one attached hydrogen (secondary N) is 1.